The molecular weight excluding hydrogens is 467 g/mol. The van der Waals surface area contributed by atoms with Crippen molar-refractivity contribution in [2.75, 3.05) is 35.3 Å². The van der Waals surface area contributed by atoms with Crippen LogP contribution in [0.2, 0.25) is 0 Å². The topological polar surface area (TPSA) is 61.4 Å². The van der Waals surface area contributed by atoms with Crippen molar-refractivity contribution in [3.63, 3.8) is 0 Å². The second-order valence-corrected chi connectivity index (χ2v) is 8.94. The highest BCUT2D eigenvalue weighted by molar-refractivity contribution is 6.07. The maximum Gasteiger partial charge on any atom is 0.418 e. The fourth-order valence-corrected chi connectivity index (χ4v) is 4.67. The third-order valence-electron chi connectivity index (χ3n) is 6.71. The molecular formula is C27H30F3N5O. The Morgan fingerprint density at radius 3 is 2.56 bits per heavy atom. The average Bonchev–Trinajstić information content (AvgIpc) is 2.90. The molecule has 1 aromatic heterocycles. The second kappa shape index (κ2) is 10.2. The molecule has 0 fully saturated rings. The highest BCUT2D eigenvalue weighted by atomic mass is 19.4. The van der Waals surface area contributed by atoms with Crippen LogP contribution in [0.25, 0.3) is 0 Å². The van der Waals surface area contributed by atoms with E-state index in [1.54, 1.807) is 24.2 Å². The minimum absolute atomic E-state index is 0.137. The number of aromatic nitrogens is 2. The van der Waals surface area contributed by atoms with Gasteiger partial charge in [-0.15, -0.1) is 0 Å². The van der Waals surface area contributed by atoms with Crippen molar-refractivity contribution >= 4 is 28.9 Å². The number of amides is 1. The summed E-state index contributed by atoms with van der Waals surface area (Å²) in [6.45, 7) is 6.66. The zero-order valence-electron chi connectivity index (χ0n) is 20.9. The molecule has 1 atom stereocenters. The number of rotatable bonds is 5. The van der Waals surface area contributed by atoms with E-state index in [4.69, 9.17) is 0 Å². The van der Waals surface area contributed by atoms with Crippen LogP contribution in [0.15, 0.2) is 48.7 Å². The molecule has 4 rings (SSSR count). The van der Waals surface area contributed by atoms with E-state index in [1.807, 2.05) is 38.1 Å². The number of nitrogens with one attached hydrogen (secondary N) is 1. The van der Waals surface area contributed by atoms with Crippen LogP contribution in [0.5, 0.6) is 0 Å². The lowest BCUT2D eigenvalue weighted by atomic mass is 9.91. The molecule has 1 unspecified atom stereocenters. The van der Waals surface area contributed by atoms with E-state index in [0.717, 1.165) is 18.1 Å². The van der Waals surface area contributed by atoms with E-state index >= 15 is 0 Å². The Morgan fingerprint density at radius 1 is 1.14 bits per heavy atom. The van der Waals surface area contributed by atoms with Crippen LogP contribution >= 0.6 is 0 Å². The summed E-state index contributed by atoms with van der Waals surface area (Å²) >= 11 is 0. The van der Waals surface area contributed by atoms with Crippen LogP contribution in [-0.4, -0.2) is 36.0 Å². The number of halogens is 3. The molecule has 0 radical (unpaired) electrons. The summed E-state index contributed by atoms with van der Waals surface area (Å²) in [5, 5.41) is 2.93. The lowest BCUT2D eigenvalue weighted by Crippen LogP contribution is -2.28. The molecule has 2 heterocycles. The van der Waals surface area contributed by atoms with Gasteiger partial charge in [-0.05, 0) is 62.4 Å². The molecule has 0 aliphatic carbocycles. The third-order valence-corrected chi connectivity index (χ3v) is 6.71. The van der Waals surface area contributed by atoms with E-state index in [9.17, 15) is 18.0 Å². The van der Waals surface area contributed by atoms with Crippen molar-refractivity contribution in [3.8, 4) is 0 Å². The van der Waals surface area contributed by atoms with Crippen LogP contribution in [0.4, 0.5) is 36.2 Å². The average molecular weight is 498 g/mol. The lowest BCUT2D eigenvalue weighted by Gasteiger charge is -2.25. The zero-order chi connectivity index (χ0) is 26.0. The number of fused-ring (bicyclic) bond motifs is 2. The van der Waals surface area contributed by atoms with Crippen molar-refractivity contribution in [3.05, 3.63) is 71.0 Å². The number of aryl methyl sites for hydroxylation is 1. The van der Waals surface area contributed by atoms with Crippen molar-refractivity contribution in [2.45, 2.75) is 45.7 Å². The van der Waals surface area contributed by atoms with Crippen molar-refractivity contribution < 1.29 is 18.0 Å². The van der Waals surface area contributed by atoms with E-state index in [-0.39, 0.29) is 29.1 Å². The van der Waals surface area contributed by atoms with Gasteiger partial charge in [0.25, 0.3) is 5.91 Å². The molecule has 1 aliphatic rings. The van der Waals surface area contributed by atoms with Crippen molar-refractivity contribution in [1.29, 1.82) is 0 Å². The summed E-state index contributed by atoms with van der Waals surface area (Å²) in [6.07, 6.45) is -1.60. The second-order valence-electron chi connectivity index (χ2n) is 8.94. The molecule has 1 amide bonds. The number of carbonyl (C=O) groups excluding carboxylic acids is 1. The molecule has 0 saturated heterocycles. The van der Waals surface area contributed by atoms with Gasteiger partial charge >= 0.3 is 6.18 Å². The molecule has 0 bridgehead atoms. The fraction of sp³-hybridized carbons (Fsp3) is 0.370. The fourth-order valence-electron chi connectivity index (χ4n) is 4.67. The molecule has 190 valence electrons. The summed E-state index contributed by atoms with van der Waals surface area (Å²) in [4.78, 5) is 25.4. The molecule has 0 spiro atoms. The predicted octanol–water partition coefficient (Wildman–Crippen LogP) is 6.41. The first-order chi connectivity index (χ1) is 17.1. The highest BCUT2D eigenvalue weighted by Crippen LogP contribution is 2.39. The number of hydrogen-bond acceptors (Lipinski definition) is 5. The van der Waals surface area contributed by atoms with Gasteiger partial charge in [-0.25, -0.2) is 9.97 Å². The zero-order valence-corrected chi connectivity index (χ0v) is 20.9. The molecule has 2 aromatic carbocycles. The van der Waals surface area contributed by atoms with Gasteiger partial charge < -0.3 is 15.1 Å². The Morgan fingerprint density at radius 2 is 1.86 bits per heavy atom. The summed E-state index contributed by atoms with van der Waals surface area (Å²) in [7, 11) is 1.69. The molecule has 9 heteroatoms. The molecule has 36 heavy (non-hydrogen) atoms. The molecule has 1 N–H and O–H groups in total. The molecule has 1 aliphatic heterocycles. The summed E-state index contributed by atoms with van der Waals surface area (Å²) in [6, 6.07) is 11.7. The summed E-state index contributed by atoms with van der Waals surface area (Å²) in [5.41, 5.74) is 2.56. The quantitative estimate of drug-likeness (QED) is 0.441. The van der Waals surface area contributed by atoms with E-state index in [2.05, 4.69) is 22.2 Å². The van der Waals surface area contributed by atoms with Crippen LogP contribution in [0.3, 0.4) is 0 Å². The first kappa shape index (κ1) is 25.5. The van der Waals surface area contributed by atoms with Crippen molar-refractivity contribution in [2.24, 2.45) is 0 Å². The number of alkyl halides is 3. The minimum Gasteiger partial charge on any atom is -0.372 e. The summed E-state index contributed by atoms with van der Waals surface area (Å²) in [5.74, 6) is 0.173. The summed E-state index contributed by atoms with van der Waals surface area (Å²) < 4.78 is 41.6. The van der Waals surface area contributed by atoms with E-state index in [1.165, 1.54) is 11.0 Å². The van der Waals surface area contributed by atoms with Gasteiger partial charge in [-0.3, -0.25) is 4.79 Å². The normalized spacial score (nSPS) is 15.9. The standard InChI is InChI=1S/C27H30F3N5O/c1-5-35(6-2)23-14-12-18(15-21(23)27(28,29)30)32-26-31-16-24-22(33-26)13-11-17(3)19-9-7-8-10-20(19)25(36)34(24)4/h7-10,12,14-17H,5-6,11,13H2,1-4H3,(H,31,32,33). The van der Waals surface area contributed by atoms with Crippen molar-refractivity contribution in [1.82, 2.24) is 9.97 Å². The van der Waals surface area contributed by atoms with Gasteiger partial charge in [0.15, 0.2) is 0 Å². The lowest BCUT2D eigenvalue weighted by molar-refractivity contribution is -0.137. The Balaban J connectivity index is 1.67. The SMILES string of the molecule is CCN(CC)c1ccc(Nc2ncc3c(n2)CCC(C)c2ccccc2C(=O)N3C)cc1C(F)(F)F. The van der Waals surface area contributed by atoms with Gasteiger partial charge in [0, 0.05) is 37.1 Å². The first-order valence-electron chi connectivity index (χ1n) is 12.1. The smallest absolute Gasteiger partial charge is 0.372 e. The molecule has 3 aromatic rings. The van der Waals surface area contributed by atoms with Crippen LogP contribution in [0.1, 0.15) is 60.3 Å². The van der Waals surface area contributed by atoms with Crippen LogP contribution in [-0.2, 0) is 12.6 Å². The van der Waals surface area contributed by atoms with Gasteiger partial charge in [0.2, 0.25) is 5.95 Å². The number of carbonyl (C=O) groups is 1. The number of nitrogens with zero attached hydrogens (tertiary/aromatic N) is 4. The number of hydrogen-bond donors (Lipinski definition) is 1. The Hall–Kier alpha value is -3.62. The van der Waals surface area contributed by atoms with Gasteiger partial charge in [-0.1, -0.05) is 25.1 Å². The molecule has 6 nitrogen and oxygen atoms in total. The van der Waals surface area contributed by atoms with E-state index in [0.29, 0.717) is 36.5 Å². The largest absolute Gasteiger partial charge is 0.418 e. The highest BCUT2D eigenvalue weighted by Gasteiger charge is 2.35. The monoisotopic (exact) mass is 497 g/mol. The molecule has 0 saturated carbocycles. The Bertz CT molecular complexity index is 1260. The van der Waals surface area contributed by atoms with Crippen LogP contribution in [0, 0.1) is 0 Å². The van der Waals surface area contributed by atoms with E-state index < -0.39 is 11.7 Å². The maximum absolute atomic E-state index is 13.9. The number of anilines is 4. The van der Waals surface area contributed by atoms with Gasteiger partial charge in [-0.2, -0.15) is 13.2 Å². The Kier molecular flexibility index (Phi) is 7.19. The van der Waals surface area contributed by atoms with Gasteiger partial charge in [0.1, 0.15) is 0 Å². The predicted molar refractivity (Wildman–Crippen MR) is 136 cm³/mol. The number of benzene rings is 2. The van der Waals surface area contributed by atoms with Gasteiger partial charge in [0.05, 0.1) is 23.1 Å². The first-order valence-corrected chi connectivity index (χ1v) is 12.1. The Labute approximate surface area is 209 Å². The minimum atomic E-state index is -4.51. The maximum atomic E-state index is 13.9. The third kappa shape index (κ3) is 5.01. The van der Waals surface area contributed by atoms with Crippen LogP contribution < -0.4 is 15.1 Å².